The van der Waals surface area contributed by atoms with Gasteiger partial charge in [-0.1, -0.05) is 48.0 Å². The predicted molar refractivity (Wildman–Crippen MR) is 90.2 cm³/mol. The molecule has 0 aliphatic carbocycles. The fourth-order valence-corrected chi connectivity index (χ4v) is 2.86. The molecule has 0 saturated heterocycles. The average molecular weight is 310 g/mol. The molecule has 2 unspecified atom stereocenters. The highest BCUT2D eigenvalue weighted by Gasteiger charge is 2.24. The summed E-state index contributed by atoms with van der Waals surface area (Å²) in [7, 11) is 0. The Labute approximate surface area is 136 Å². The van der Waals surface area contributed by atoms with E-state index >= 15 is 0 Å². The number of aryl methyl sites for hydroxylation is 1. The van der Waals surface area contributed by atoms with Gasteiger partial charge in [-0.05, 0) is 31.4 Å². The summed E-state index contributed by atoms with van der Waals surface area (Å²) < 4.78 is 5.74. The molecule has 0 fully saturated rings. The number of nitrogens with one attached hydrogen (secondary N) is 1. The van der Waals surface area contributed by atoms with E-state index in [0.29, 0.717) is 6.61 Å². The van der Waals surface area contributed by atoms with Crippen LogP contribution in [-0.2, 0) is 4.79 Å². The van der Waals surface area contributed by atoms with E-state index < -0.39 is 6.04 Å². The molecule has 2 atom stereocenters. The van der Waals surface area contributed by atoms with Crippen molar-refractivity contribution in [3.05, 3.63) is 65.2 Å². The lowest BCUT2D eigenvalue weighted by atomic mass is 10.00. The minimum Gasteiger partial charge on any atom is -0.493 e. The van der Waals surface area contributed by atoms with Gasteiger partial charge in [0.15, 0.2) is 0 Å². The van der Waals surface area contributed by atoms with Gasteiger partial charge in [-0.25, -0.2) is 0 Å². The van der Waals surface area contributed by atoms with Crippen molar-refractivity contribution in [3.8, 4) is 5.75 Å². The molecule has 1 heterocycles. The van der Waals surface area contributed by atoms with E-state index in [4.69, 9.17) is 10.5 Å². The van der Waals surface area contributed by atoms with Crippen LogP contribution in [0, 0.1) is 6.92 Å². The van der Waals surface area contributed by atoms with Crippen molar-refractivity contribution in [1.29, 1.82) is 0 Å². The first-order valence-electron chi connectivity index (χ1n) is 7.99. The molecule has 0 spiro atoms. The Morgan fingerprint density at radius 1 is 1.22 bits per heavy atom. The first-order valence-corrected chi connectivity index (χ1v) is 7.99. The van der Waals surface area contributed by atoms with Gasteiger partial charge in [-0.2, -0.15) is 0 Å². The molecule has 0 bridgehead atoms. The third-order valence-corrected chi connectivity index (χ3v) is 4.22. The third-order valence-electron chi connectivity index (χ3n) is 4.22. The number of para-hydroxylation sites is 1. The van der Waals surface area contributed by atoms with E-state index in [1.54, 1.807) is 0 Å². The molecule has 2 aromatic rings. The van der Waals surface area contributed by atoms with Crippen molar-refractivity contribution in [2.24, 2.45) is 5.73 Å². The van der Waals surface area contributed by atoms with Crippen LogP contribution >= 0.6 is 0 Å². The zero-order valence-electron chi connectivity index (χ0n) is 13.3. The van der Waals surface area contributed by atoms with Gasteiger partial charge in [-0.3, -0.25) is 4.79 Å². The number of hydrogen-bond donors (Lipinski definition) is 2. The number of carbonyl (C=O) groups excluding carboxylic acids is 1. The molecular weight excluding hydrogens is 288 g/mol. The van der Waals surface area contributed by atoms with E-state index in [1.165, 1.54) is 0 Å². The Kier molecular flexibility index (Phi) is 4.63. The van der Waals surface area contributed by atoms with Gasteiger partial charge in [0.25, 0.3) is 0 Å². The molecule has 2 aromatic carbocycles. The molecule has 23 heavy (non-hydrogen) atoms. The summed E-state index contributed by atoms with van der Waals surface area (Å²) in [6.07, 6.45) is 1.75. The number of amides is 1. The summed E-state index contributed by atoms with van der Waals surface area (Å²) in [4.78, 5) is 12.5. The highest BCUT2D eigenvalue weighted by atomic mass is 16.5. The summed E-state index contributed by atoms with van der Waals surface area (Å²) in [6, 6.07) is 14.9. The monoisotopic (exact) mass is 310 g/mol. The van der Waals surface area contributed by atoms with Gasteiger partial charge in [0.05, 0.1) is 12.6 Å². The third kappa shape index (κ3) is 3.54. The second-order valence-corrected chi connectivity index (χ2v) is 5.98. The molecule has 4 nitrogen and oxygen atoms in total. The van der Waals surface area contributed by atoms with Crippen molar-refractivity contribution in [2.75, 3.05) is 6.61 Å². The number of benzene rings is 2. The fourth-order valence-electron chi connectivity index (χ4n) is 2.86. The lowest BCUT2D eigenvalue weighted by Gasteiger charge is -2.21. The molecule has 0 aromatic heterocycles. The normalized spacial score (nSPS) is 18.3. The van der Waals surface area contributed by atoms with E-state index in [2.05, 4.69) is 5.32 Å². The van der Waals surface area contributed by atoms with Crippen LogP contribution in [-0.4, -0.2) is 12.5 Å². The topological polar surface area (TPSA) is 64.4 Å². The quantitative estimate of drug-likeness (QED) is 0.916. The Balaban J connectivity index is 1.75. The minimum absolute atomic E-state index is 0.0577. The maximum absolute atomic E-state index is 12.5. The predicted octanol–water partition coefficient (Wildman–Crippen LogP) is 3.02. The summed E-state index contributed by atoms with van der Waals surface area (Å²) in [5.74, 6) is 0.690. The number of rotatable bonds is 3. The number of hydrogen-bond acceptors (Lipinski definition) is 3. The van der Waals surface area contributed by atoms with Crippen LogP contribution in [0.1, 0.15) is 41.6 Å². The molecule has 1 amide bonds. The van der Waals surface area contributed by atoms with E-state index in [1.807, 2.05) is 55.5 Å². The molecule has 3 rings (SSSR count). The summed E-state index contributed by atoms with van der Waals surface area (Å²) in [5.41, 5.74) is 9.12. The van der Waals surface area contributed by atoms with Gasteiger partial charge >= 0.3 is 0 Å². The summed E-state index contributed by atoms with van der Waals surface area (Å²) in [6.45, 7) is 2.69. The molecule has 1 aliphatic heterocycles. The van der Waals surface area contributed by atoms with E-state index in [-0.39, 0.29) is 11.9 Å². The van der Waals surface area contributed by atoms with Crippen molar-refractivity contribution < 1.29 is 9.53 Å². The zero-order chi connectivity index (χ0) is 16.2. The molecule has 1 aliphatic rings. The first kappa shape index (κ1) is 15.6. The van der Waals surface area contributed by atoms with Crippen LogP contribution in [0.15, 0.2) is 48.5 Å². The minimum atomic E-state index is -0.660. The maximum Gasteiger partial charge on any atom is 0.241 e. The van der Waals surface area contributed by atoms with Crippen molar-refractivity contribution in [1.82, 2.24) is 5.32 Å². The number of nitrogens with two attached hydrogens (primary N) is 1. The maximum atomic E-state index is 12.5. The molecule has 120 valence electrons. The Hall–Kier alpha value is -2.33. The lowest BCUT2D eigenvalue weighted by molar-refractivity contribution is -0.123. The Morgan fingerprint density at radius 2 is 1.96 bits per heavy atom. The Bertz CT molecular complexity index is 682. The van der Waals surface area contributed by atoms with Crippen LogP contribution in [0.2, 0.25) is 0 Å². The van der Waals surface area contributed by atoms with E-state index in [9.17, 15) is 4.79 Å². The standard InChI is InChI=1S/C19H22N2O2/c1-13-8-10-14(11-9-13)18(20)19(22)21-16-6-4-12-23-17-7-3-2-5-15(16)17/h2-3,5,7-11,16,18H,4,6,12,20H2,1H3,(H,21,22). The second kappa shape index (κ2) is 6.84. The van der Waals surface area contributed by atoms with Crippen LogP contribution in [0.5, 0.6) is 5.75 Å². The van der Waals surface area contributed by atoms with Crippen LogP contribution < -0.4 is 15.8 Å². The van der Waals surface area contributed by atoms with Crippen LogP contribution in [0.25, 0.3) is 0 Å². The first-order chi connectivity index (χ1) is 11.1. The van der Waals surface area contributed by atoms with Gasteiger partial charge in [0.1, 0.15) is 11.8 Å². The lowest BCUT2D eigenvalue weighted by Crippen LogP contribution is -2.36. The van der Waals surface area contributed by atoms with Crippen LogP contribution in [0.4, 0.5) is 0 Å². The number of ether oxygens (including phenoxy) is 1. The molecule has 0 radical (unpaired) electrons. The molecule has 4 heteroatoms. The number of fused-ring (bicyclic) bond motifs is 1. The molecule has 0 saturated carbocycles. The second-order valence-electron chi connectivity index (χ2n) is 5.98. The largest absolute Gasteiger partial charge is 0.493 e. The van der Waals surface area contributed by atoms with Crippen molar-refractivity contribution in [3.63, 3.8) is 0 Å². The van der Waals surface area contributed by atoms with Gasteiger partial charge < -0.3 is 15.8 Å². The SMILES string of the molecule is Cc1ccc(C(N)C(=O)NC2CCCOc3ccccc32)cc1. The van der Waals surface area contributed by atoms with E-state index in [0.717, 1.165) is 35.3 Å². The smallest absolute Gasteiger partial charge is 0.241 e. The van der Waals surface area contributed by atoms with Crippen LogP contribution in [0.3, 0.4) is 0 Å². The fraction of sp³-hybridized carbons (Fsp3) is 0.316. The number of carbonyl (C=O) groups is 1. The van der Waals surface area contributed by atoms with Crippen molar-refractivity contribution in [2.45, 2.75) is 31.8 Å². The average Bonchev–Trinajstić information content (AvgIpc) is 2.77. The van der Waals surface area contributed by atoms with Gasteiger partial charge in [0, 0.05) is 5.56 Å². The van der Waals surface area contributed by atoms with Gasteiger partial charge in [-0.15, -0.1) is 0 Å². The summed E-state index contributed by atoms with van der Waals surface area (Å²) in [5, 5.41) is 3.08. The van der Waals surface area contributed by atoms with Crippen molar-refractivity contribution >= 4 is 5.91 Å². The zero-order valence-corrected chi connectivity index (χ0v) is 13.3. The molecule has 3 N–H and O–H groups in total. The summed E-state index contributed by atoms with van der Waals surface area (Å²) >= 11 is 0. The highest BCUT2D eigenvalue weighted by molar-refractivity contribution is 5.83. The molecular formula is C19H22N2O2. The van der Waals surface area contributed by atoms with Gasteiger partial charge in [0.2, 0.25) is 5.91 Å². The Morgan fingerprint density at radius 3 is 2.74 bits per heavy atom. The highest BCUT2D eigenvalue weighted by Crippen LogP contribution is 2.31.